The molecule has 0 spiro atoms. The Morgan fingerprint density at radius 1 is 1.35 bits per heavy atom. The lowest BCUT2D eigenvalue weighted by molar-refractivity contribution is 0.393. The lowest BCUT2D eigenvalue weighted by Gasteiger charge is -2.16. The van der Waals surface area contributed by atoms with Crippen LogP contribution in [0.5, 0.6) is 11.5 Å². The van der Waals surface area contributed by atoms with Gasteiger partial charge in [-0.2, -0.15) is 5.26 Å². The molecule has 1 saturated carbocycles. The molecule has 2 rings (SSSR count). The molecule has 2 atom stereocenters. The molecule has 2 unspecified atom stereocenters. The van der Waals surface area contributed by atoms with Gasteiger partial charge >= 0.3 is 0 Å². The SMILES string of the molecule is N#CC1CCCC1NCc1cccc(O)c1O. The first-order chi connectivity index (χ1) is 8.22. The van der Waals surface area contributed by atoms with Gasteiger partial charge in [-0.1, -0.05) is 18.6 Å². The second kappa shape index (κ2) is 5.07. The largest absolute Gasteiger partial charge is 0.504 e. The number of hydrogen-bond acceptors (Lipinski definition) is 4. The van der Waals surface area contributed by atoms with Gasteiger partial charge < -0.3 is 15.5 Å². The topological polar surface area (TPSA) is 76.3 Å². The molecule has 1 fully saturated rings. The molecule has 0 bridgehead atoms. The zero-order valence-electron chi connectivity index (χ0n) is 9.56. The molecule has 4 heteroatoms. The zero-order chi connectivity index (χ0) is 12.3. The molecule has 0 radical (unpaired) electrons. The van der Waals surface area contributed by atoms with E-state index >= 15 is 0 Å². The average Bonchev–Trinajstić information content (AvgIpc) is 2.78. The van der Waals surface area contributed by atoms with Crippen molar-refractivity contribution in [2.45, 2.75) is 31.8 Å². The summed E-state index contributed by atoms with van der Waals surface area (Å²) in [5.74, 6) is -0.117. The van der Waals surface area contributed by atoms with Gasteiger partial charge in [-0.25, -0.2) is 0 Å². The predicted octanol–water partition coefficient (Wildman–Crippen LogP) is 1.88. The van der Waals surface area contributed by atoms with Gasteiger partial charge in [-0.15, -0.1) is 0 Å². The predicted molar refractivity (Wildman–Crippen MR) is 63.4 cm³/mol. The summed E-state index contributed by atoms with van der Waals surface area (Å²) in [5.41, 5.74) is 0.661. The van der Waals surface area contributed by atoms with Crippen LogP contribution in [0.2, 0.25) is 0 Å². The molecule has 1 aliphatic carbocycles. The van der Waals surface area contributed by atoms with Crippen molar-refractivity contribution in [3.63, 3.8) is 0 Å². The van der Waals surface area contributed by atoms with Crippen LogP contribution in [-0.2, 0) is 6.54 Å². The monoisotopic (exact) mass is 232 g/mol. The van der Waals surface area contributed by atoms with Crippen LogP contribution in [0, 0.1) is 17.2 Å². The van der Waals surface area contributed by atoms with E-state index in [1.807, 2.05) is 0 Å². The van der Waals surface area contributed by atoms with Crippen molar-refractivity contribution in [3.8, 4) is 17.6 Å². The maximum Gasteiger partial charge on any atom is 0.161 e. The van der Waals surface area contributed by atoms with E-state index in [2.05, 4.69) is 11.4 Å². The Morgan fingerprint density at radius 2 is 2.18 bits per heavy atom. The Hall–Kier alpha value is -1.73. The summed E-state index contributed by atoms with van der Waals surface area (Å²) in [6.07, 6.45) is 3.01. The van der Waals surface area contributed by atoms with Gasteiger partial charge in [-0.3, -0.25) is 0 Å². The molecular formula is C13H16N2O2. The number of nitrogens with one attached hydrogen (secondary N) is 1. The minimum atomic E-state index is -0.104. The van der Waals surface area contributed by atoms with E-state index in [0.717, 1.165) is 19.3 Å². The summed E-state index contributed by atoms with van der Waals surface area (Å²) in [5, 5.41) is 31.2. The van der Waals surface area contributed by atoms with Gasteiger partial charge in [0.2, 0.25) is 0 Å². The Morgan fingerprint density at radius 3 is 2.94 bits per heavy atom. The fourth-order valence-electron chi connectivity index (χ4n) is 2.32. The number of nitrogens with zero attached hydrogens (tertiary/aromatic N) is 1. The first-order valence-corrected chi connectivity index (χ1v) is 5.85. The van der Waals surface area contributed by atoms with Crippen LogP contribution in [0.15, 0.2) is 18.2 Å². The van der Waals surface area contributed by atoms with Crippen LogP contribution in [0.4, 0.5) is 0 Å². The van der Waals surface area contributed by atoms with Crippen molar-refractivity contribution in [3.05, 3.63) is 23.8 Å². The Labute approximate surface area is 101 Å². The third kappa shape index (κ3) is 2.51. The number of aromatic hydroxyl groups is 2. The van der Waals surface area contributed by atoms with Crippen LogP contribution in [-0.4, -0.2) is 16.3 Å². The number of phenols is 2. The van der Waals surface area contributed by atoms with E-state index < -0.39 is 0 Å². The highest BCUT2D eigenvalue weighted by atomic mass is 16.3. The van der Waals surface area contributed by atoms with Crippen molar-refractivity contribution < 1.29 is 10.2 Å². The molecule has 4 nitrogen and oxygen atoms in total. The van der Waals surface area contributed by atoms with E-state index in [9.17, 15) is 10.2 Å². The Balaban J connectivity index is 1.98. The van der Waals surface area contributed by atoms with Gasteiger partial charge in [0.05, 0.1) is 12.0 Å². The molecule has 90 valence electrons. The quantitative estimate of drug-likeness (QED) is 0.695. The van der Waals surface area contributed by atoms with Gasteiger partial charge in [0.15, 0.2) is 11.5 Å². The maximum absolute atomic E-state index is 9.64. The normalized spacial score (nSPS) is 23.5. The number of para-hydroxylation sites is 1. The lowest BCUT2D eigenvalue weighted by Crippen LogP contribution is -2.31. The molecule has 0 saturated heterocycles. The molecule has 1 aromatic carbocycles. The second-order valence-corrected chi connectivity index (χ2v) is 4.44. The lowest BCUT2D eigenvalue weighted by atomic mass is 10.1. The molecule has 3 N–H and O–H groups in total. The summed E-state index contributed by atoms with van der Waals surface area (Å²) >= 11 is 0. The highest BCUT2D eigenvalue weighted by Crippen LogP contribution is 2.29. The van der Waals surface area contributed by atoms with Gasteiger partial charge in [0, 0.05) is 18.2 Å². The molecule has 0 amide bonds. The minimum Gasteiger partial charge on any atom is -0.504 e. The van der Waals surface area contributed by atoms with Crippen molar-refractivity contribution in [2.75, 3.05) is 0 Å². The minimum absolute atomic E-state index is 0.0643. The molecular weight excluding hydrogens is 216 g/mol. The summed E-state index contributed by atoms with van der Waals surface area (Å²) in [6.45, 7) is 0.475. The first kappa shape index (κ1) is 11.7. The molecule has 1 aromatic rings. The second-order valence-electron chi connectivity index (χ2n) is 4.44. The van der Waals surface area contributed by atoms with Crippen LogP contribution < -0.4 is 5.32 Å². The van der Waals surface area contributed by atoms with Gasteiger partial charge in [-0.05, 0) is 18.9 Å². The molecule has 0 aliphatic heterocycles. The van der Waals surface area contributed by atoms with Gasteiger partial charge in [0.25, 0.3) is 0 Å². The number of benzene rings is 1. The van der Waals surface area contributed by atoms with Crippen molar-refractivity contribution in [1.29, 1.82) is 5.26 Å². The van der Waals surface area contributed by atoms with E-state index in [-0.39, 0.29) is 23.5 Å². The third-order valence-electron chi connectivity index (χ3n) is 3.33. The van der Waals surface area contributed by atoms with Crippen LogP contribution in [0.25, 0.3) is 0 Å². The molecule has 17 heavy (non-hydrogen) atoms. The van der Waals surface area contributed by atoms with Crippen LogP contribution >= 0.6 is 0 Å². The Bertz CT molecular complexity index is 440. The first-order valence-electron chi connectivity index (χ1n) is 5.85. The average molecular weight is 232 g/mol. The standard InChI is InChI=1S/C13H16N2O2/c14-7-9-3-1-5-11(9)15-8-10-4-2-6-12(16)13(10)17/h2,4,6,9,11,15-17H,1,3,5,8H2. The van der Waals surface area contributed by atoms with Crippen molar-refractivity contribution in [1.82, 2.24) is 5.32 Å². The summed E-state index contributed by atoms with van der Waals surface area (Å²) < 4.78 is 0. The van der Waals surface area contributed by atoms with Crippen molar-refractivity contribution >= 4 is 0 Å². The summed E-state index contributed by atoms with van der Waals surface area (Å²) in [7, 11) is 0. The summed E-state index contributed by atoms with van der Waals surface area (Å²) in [6, 6.07) is 7.41. The number of hydrogen-bond donors (Lipinski definition) is 3. The molecule has 1 aliphatic rings. The summed E-state index contributed by atoms with van der Waals surface area (Å²) in [4.78, 5) is 0. The molecule has 0 heterocycles. The smallest absolute Gasteiger partial charge is 0.161 e. The number of nitriles is 1. The van der Waals surface area contributed by atoms with Crippen LogP contribution in [0.1, 0.15) is 24.8 Å². The van der Waals surface area contributed by atoms with E-state index in [4.69, 9.17) is 5.26 Å². The van der Waals surface area contributed by atoms with E-state index in [0.29, 0.717) is 12.1 Å². The van der Waals surface area contributed by atoms with Crippen molar-refractivity contribution in [2.24, 2.45) is 5.92 Å². The maximum atomic E-state index is 9.64. The Kier molecular flexibility index (Phi) is 3.50. The van der Waals surface area contributed by atoms with E-state index in [1.54, 1.807) is 12.1 Å². The van der Waals surface area contributed by atoms with Gasteiger partial charge in [0.1, 0.15) is 0 Å². The third-order valence-corrected chi connectivity index (χ3v) is 3.33. The zero-order valence-corrected chi connectivity index (χ0v) is 9.56. The fourth-order valence-corrected chi connectivity index (χ4v) is 2.32. The molecule has 0 aromatic heterocycles. The van der Waals surface area contributed by atoms with Crippen LogP contribution in [0.3, 0.4) is 0 Å². The fraction of sp³-hybridized carbons (Fsp3) is 0.462. The number of rotatable bonds is 3. The van der Waals surface area contributed by atoms with E-state index in [1.165, 1.54) is 6.07 Å². The number of phenolic OH excluding ortho intramolecular Hbond substituents is 2. The highest BCUT2D eigenvalue weighted by molar-refractivity contribution is 5.44. The highest BCUT2D eigenvalue weighted by Gasteiger charge is 2.26.